The molecule has 7 nitrogen and oxygen atoms in total. The van der Waals surface area contributed by atoms with Gasteiger partial charge in [0.1, 0.15) is 5.82 Å². The predicted molar refractivity (Wildman–Crippen MR) is 119 cm³/mol. The maximum Gasteiger partial charge on any atom is 0.330 e. The van der Waals surface area contributed by atoms with E-state index in [1.54, 1.807) is 25.1 Å². The molecule has 2 aromatic carbocycles. The van der Waals surface area contributed by atoms with Gasteiger partial charge in [-0.25, -0.2) is 4.79 Å². The molecule has 3 rings (SSSR count). The summed E-state index contributed by atoms with van der Waals surface area (Å²) in [5, 5.41) is 0.806. The Morgan fingerprint density at radius 3 is 2.47 bits per heavy atom. The lowest BCUT2D eigenvalue weighted by atomic mass is 10.1. The average molecular weight is 447 g/mol. The van der Waals surface area contributed by atoms with E-state index in [4.69, 9.17) is 28.9 Å². The van der Waals surface area contributed by atoms with E-state index in [0.29, 0.717) is 15.6 Å². The van der Waals surface area contributed by atoms with Crippen LogP contribution in [0.2, 0.25) is 10.0 Å². The first-order valence-electron chi connectivity index (χ1n) is 9.22. The van der Waals surface area contributed by atoms with Gasteiger partial charge in [-0.2, -0.15) is 0 Å². The fourth-order valence-corrected chi connectivity index (χ4v) is 3.62. The summed E-state index contributed by atoms with van der Waals surface area (Å²) >= 11 is 12.1. The molecular weight excluding hydrogens is 427 g/mol. The Kier molecular flexibility index (Phi) is 6.64. The number of likely N-dealkylation sites (N-methyl/N-ethyl adjacent to an activating group) is 1. The Morgan fingerprint density at radius 2 is 1.83 bits per heavy atom. The molecule has 0 aliphatic carbocycles. The van der Waals surface area contributed by atoms with Crippen molar-refractivity contribution in [2.24, 2.45) is 0 Å². The van der Waals surface area contributed by atoms with E-state index < -0.39 is 11.2 Å². The zero-order valence-electron chi connectivity index (χ0n) is 16.2. The zero-order chi connectivity index (χ0) is 21.8. The average Bonchev–Trinajstić information content (AvgIpc) is 2.71. The lowest BCUT2D eigenvalue weighted by molar-refractivity contribution is -0.117. The van der Waals surface area contributed by atoms with Gasteiger partial charge >= 0.3 is 5.69 Å². The highest BCUT2D eigenvalue weighted by Gasteiger charge is 2.23. The number of nitrogens with two attached hydrogens (primary N) is 1. The SMILES string of the molecule is CCN(C(=O)Cc1ccc(Cl)cc1Cl)c1c(N)n(Cc2ccccc2)c(=O)[nH]c1=O. The van der Waals surface area contributed by atoms with Gasteiger partial charge < -0.3 is 10.6 Å². The number of carbonyl (C=O) groups is 1. The Labute approximate surface area is 182 Å². The molecule has 0 atom stereocenters. The molecule has 1 amide bonds. The smallest absolute Gasteiger partial charge is 0.330 e. The number of hydrogen-bond acceptors (Lipinski definition) is 4. The Bertz CT molecular complexity index is 1190. The molecule has 0 radical (unpaired) electrons. The van der Waals surface area contributed by atoms with Crippen LogP contribution in [0, 0.1) is 0 Å². The molecule has 1 heterocycles. The van der Waals surface area contributed by atoms with Gasteiger partial charge in [0, 0.05) is 16.6 Å². The lowest BCUT2D eigenvalue weighted by Gasteiger charge is -2.23. The number of anilines is 2. The first-order chi connectivity index (χ1) is 14.3. The summed E-state index contributed by atoms with van der Waals surface area (Å²) in [6.07, 6.45) is -0.0550. The third-order valence-corrected chi connectivity index (χ3v) is 5.23. The van der Waals surface area contributed by atoms with Crippen LogP contribution in [-0.2, 0) is 17.8 Å². The van der Waals surface area contributed by atoms with Crippen LogP contribution in [0.4, 0.5) is 11.5 Å². The van der Waals surface area contributed by atoms with Crippen LogP contribution in [0.5, 0.6) is 0 Å². The van der Waals surface area contributed by atoms with Crippen LogP contribution in [0.3, 0.4) is 0 Å². The number of nitrogens with zero attached hydrogens (tertiary/aromatic N) is 2. The van der Waals surface area contributed by atoms with Gasteiger partial charge in [-0.3, -0.25) is 19.1 Å². The second kappa shape index (κ2) is 9.19. The van der Waals surface area contributed by atoms with Crippen LogP contribution in [-0.4, -0.2) is 22.0 Å². The van der Waals surface area contributed by atoms with Crippen molar-refractivity contribution in [2.75, 3.05) is 17.2 Å². The maximum absolute atomic E-state index is 13.0. The summed E-state index contributed by atoms with van der Waals surface area (Å²) in [6, 6.07) is 14.0. The van der Waals surface area contributed by atoms with E-state index in [2.05, 4.69) is 4.98 Å². The third kappa shape index (κ3) is 4.58. The van der Waals surface area contributed by atoms with Crippen LogP contribution in [0.25, 0.3) is 0 Å². The van der Waals surface area contributed by atoms with E-state index in [9.17, 15) is 14.4 Å². The molecule has 0 fully saturated rings. The molecule has 156 valence electrons. The van der Waals surface area contributed by atoms with Crippen molar-refractivity contribution in [3.63, 3.8) is 0 Å². The van der Waals surface area contributed by atoms with E-state index in [1.807, 2.05) is 30.3 Å². The predicted octanol–water partition coefficient (Wildman–Crippen LogP) is 3.07. The van der Waals surface area contributed by atoms with Crippen LogP contribution in [0.1, 0.15) is 18.1 Å². The number of H-pyrrole nitrogens is 1. The van der Waals surface area contributed by atoms with E-state index in [0.717, 1.165) is 5.56 Å². The van der Waals surface area contributed by atoms with E-state index >= 15 is 0 Å². The minimum atomic E-state index is -0.723. The molecule has 9 heteroatoms. The molecule has 0 saturated carbocycles. The van der Waals surface area contributed by atoms with Gasteiger partial charge in [0.25, 0.3) is 5.56 Å². The number of hydrogen-bond donors (Lipinski definition) is 2. The normalized spacial score (nSPS) is 10.8. The van der Waals surface area contributed by atoms with E-state index in [1.165, 1.54) is 9.47 Å². The van der Waals surface area contributed by atoms with Crippen molar-refractivity contribution in [3.05, 3.63) is 90.5 Å². The van der Waals surface area contributed by atoms with Gasteiger partial charge in [-0.05, 0) is 30.2 Å². The van der Waals surface area contributed by atoms with Gasteiger partial charge in [-0.15, -0.1) is 0 Å². The maximum atomic E-state index is 13.0. The highest BCUT2D eigenvalue weighted by Crippen LogP contribution is 2.24. The molecule has 0 saturated heterocycles. The van der Waals surface area contributed by atoms with Crippen LogP contribution in [0.15, 0.2) is 58.1 Å². The Morgan fingerprint density at radius 1 is 1.13 bits per heavy atom. The molecule has 0 aliphatic heterocycles. The number of rotatable bonds is 6. The Hall–Kier alpha value is -3.03. The highest BCUT2D eigenvalue weighted by molar-refractivity contribution is 6.35. The molecule has 30 heavy (non-hydrogen) atoms. The number of carbonyl (C=O) groups excluding carboxylic acids is 1. The van der Waals surface area contributed by atoms with Crippen molar-refractivity contribution in [1.29, 1.82) is 0 Å². The van der Waals surface area contributed by atoms with Gasteiger partial charge in [0.05, 0.1) is 13.0 Å². The first kappa shape index (κ1) is 21.7. The molecule has 0 spiro atoms. The summed E-state index contributed by atoms with van der Waals surface area (Å²) < 4.78 is 1.23. The van der Waals surface area contributed by atoms with Crippen molar-refractivity contribution in [3.8, 4) is 0 Å². The number of aromatic amines is 1. The molecule has 0 unspecified atom stereocenters. The number of aromatic nitrogens is 2. The molecular formula is C21H20Cl2N4O3. The van der Waals surface area contributed by atoms with Crippen LogP contribution >= 0.6 is 23.2 Å². The fourth-order valence-electron chi connectivity index (χ4n) is 3.14. The highest BCUT2D eigenvalue weighted by atomic mass is 35.5. The lowest BCUT2D eigenvalue weighted by Crippen LogP contribution is -2.41. The summed E-state index contributed by atoms with van der Waals surface area (Å²) in [7, 11) is 0. The van der Waals surface area contributed by atoms with Crippen molar-refractivity contribution in [1.82, 2.24) is 9.55 Å². The largest absolute Gasteiger partial charge is 0.383 e. The standard InChI is InChI=1S/C21H20Cl2N4O3/c1-2-26(17(28)10-14-8-9-15(22)11-16(14)23)18-19(24)27(21(30)25-20(18)29)12-13-6-4-3-5-7-13/h3-9,11H,2,10,12,24H2,1H3,(H,25,29,30). The van der Waals surface area contributed by atoms with Gasteiger partial charge in [0.2, 0.25) is 5.91 Å². The number of benzene rings is 2. The number of halogens is 2. The summed E-state index contributed by atoms with van der Waals surface area (Å²) in [4.78, 5) is 41.4. The summed E-state index contributed by atoms with van der Waals surface area (Å²) in [5.74, 6) is -0.464. The Balaban J connectivity index is 1.99. The third-order valence-electron chi connectivity index (χ3n) is 4.64. The van der Waals surface area contributed by atoms with Gasteiger partial charge in [0.15, 0.2) is 5.69 Å². The minimum Gasteiger partial charge on any atom is -0.383 e. The number of nitrogen functional groups attached to an aromatic ring is 1. The number of amides is 1. The van der Waals surface area contributed by atoms with Crippen molar-refractivity contribution < 1.29 is 4.79 Å². The molecule has 0 aliphatic rings. The molecule has 3 N–H and O–H groups in total. The zero-order valence-corrected chi connectivity index (χ0v) is 17.7. The summed E-state index contributed by atoms with van der Waals surface area (Å²) in [6.45, 7) is 2.05. The molecule has 1 aromatic heterocycles. The topological polar surface area (TPSA) is 101 Å². The number of nitrogens with one attached hydrogen (secondary N) is 1. The van der Waals surface area contributed by atoms with Crippen molar-refractivity contribution >= 4 is 40.6 Å². The summed E-state index contributed by atoms with van der Waals surface area (Å²) in [5.41, 5.74) is 6.15. The molecule has 3 aromatic rings. The first-order valence-corrected chi connectivity index (χ1v) is 9.98. The quantitative estimate of drug-likeness (QED) is 0.607. The van der Waals surface area contributed by atoms with Crippen LogP contribution < -0.4 is 21.9 Å². The monoisotopic (exact) mass is 446 g/mol. The molecule has 0 bridgehead atoms. The second-order valence-electron chi connectivity index (χ2n) is 6.62. The fraction of sp³-hybridized carbons (Fsp3) is 0.190. The second-order valence-corrected chi connectivity index (χ2v) is 7.46. The minimum absolute atomic E-state index is 0.0550. The van der Waals surface area contributed by atoms with Crippen molar-refractivity contribution in [2.45, 2.75) is 19.9 Å². The van der Waals surface area contributed by atoms with E-state index in [-0.39, 0.29) is 36.9 Å². The van der Waals surface area contributed by atoms with Gasteiger partial charge in [-0.1, -0.05) is 59.6 Å².